The number of ether oxygens (including phenoxy) is 1. The van der Waals surface area contributed by atoms with Crippen LogP contribution in [0, 0.1) is 5.41 Å². The van der Waals surface area contributed by atoms with Gasteiger partial charge in [0.25, 0.3) is 0 Å². The largest absolute Gasteiger partial charge is 0.381 e. The van der Waals surface area contributed by atoms with Crippen molar-refractivity contribution in [1.82, 2.24) is 10.2 Å². The maximum absolute atomic E-state index is 12.6. The van der Waals surface area contributed by atoms with E-state index in [-0.39, 0.29) is 11.3 Å². The van der Waals surface area contributed by atoms with Crippen LogP contribution in [0.3, 0.4) is 0 Å². The predicted molar refractivity (Wildman–Crippen MR) is 72.7 cm³/mol. The van der Waals surface area contributed by atoms with Gasteiger partial charge in [0.2, 0.25) is 5.91 Å². The molecule has 3 heterocycles. The van der Waals surface area contributed by atoms with Crippen LogP contribution in [0.4, 0.5) is 0 Å². The Bertz CT molecular complexity index is 342. The Hall–Kier alpha value is -0.650. The number of nitrogens with two attached hydrogens (primary N) is 1. The molecular weight excluding hydrogens is 242 g/mol. The van der Waals surface area contributed by atoms with Crippen LogP contribution in [0.2, 0.25) is 0 Å². The summed E-state index contributed by atoms with van der Waals surface area (Å²) < 4.78 is 5.37. The summed E-state index contributed by atoms with van der Waals surface area (Å²) in [5.41, 5.74) is 5.51. The number of hydrogen-bond acceptors (Lipinski definition) is 4. The highest BCUT2D eigenvalue weighted by molar-refractivity contribution is 5.83. The van der Waals surface area contributed by atoms with Crippen molar-refractivity contribution < 1.29 is 9.53 Å². The molecule has 19 heavy (non-hydrogen) atoms. The lowest BCUT2D eigenvalue weighted by Crippen LogP contribution is -2.53. The van der Waals surface area contributed by atoms with Gasteiger partial charge >= 0.3 is 0 Å². The molecule has 3 aliphatic heterocycles. The van der Waals surface area contributed by atoms with Crippen LogP contribution in [0.15, 0.2) is 0 Å². The molecule has 0 aromatic carbocycles. The van der Waals surface area contributed by atoms with Crippen molar-refractivity contribution in [2.24, 2.45) is 11.1 Å². The normalized spacial score (nSPS) is 34.2. The van der Waals surface area contributed by atoms with E-state index in [4.69, 9.17) is 10.5 Å². The average Bonchev–Trinajstić information content (AvgIpc) is 3.04. The number of rotatable bonds is 3. The van der Waals surface area contributed by atoms with Gasteiger partial charge in [0, 0.05) is 38.4 Å². The number of nitrogens with zero attached hydrogens (tertiary/aromatic N) is 1. The second-order valence-electron chi connectivity index (χ2n) is 6.21. The number of carbonyl (C=O) groups is 1. The second kappa shape index (κ2) is 5.38. The minimum atomic E-state index is -0.385. The number of hydrogen-bond donors (Lipinski definition) is 2. The van der Waals surface area contributed by atoms with Crippen LogP contribution in [-0.2, 0) is 9.53 Å². The molecule has 3 aliphatic rings. The second-order valence-corrected chi connectivity index (χ2v) is 6.21. The van der Waals surface area contributed by atoms with Gasteiger partial charge in [0.1, 0.15) is 0 Å². The van der Waals surface area contributed by atoms with E-state index in [1.165, 1.54) is 19.4 Å². The third-order valence-electron chi connectivity index (χ3n) is 5.24. The van der Waals surface area contributed by atoms with E-state index < -0.39 is 0 Å². The SMILES string of the molecule is NCC1(C(=O)NC2CCN3CCCC23)CCOCC1. The number of nitrogens with one attached hydrogen (secondary N) is 1. The maximum atomic E-state index is 12.6. The highest BCUT2D eigenvalue weighted by atomic mass is 16.5. The smallest absolute Gasteiger partial charge is 0.227 e. The van der Waals surface area contributed by atoms with Crippen LogP contribution < -0.4 is 11.1 Å². The predicted octanol–water partition coefficient (Wildman–Crippen LogP) is 0.0948. The molecule has 2 unspecified atom stereocenters. The Morgan fingerprint density at radius 2 is 2.11 bits per heavy atom. The van der Waals surface area contributed by atoms with Crippen molar-refractivity contribution in [3.05, 3.63) is 0 Å². The Balaban J connectivity index is 1.63. The summed E-state index contributed by atoms with van der Waals surface area (Å²) in [4.78, 5) is 15.1. The van der Waals surface area contributed by atoms with E-state index in [1.54, 1.807) is 0 Å². The van der Waals surface area contributed by atoms with Crippen molar-refractivity contribution in [3.63, 3.8) is 0 Å². The molecule has 2 atom stereocenters. The summed E-state index contributed by atoms with van der Waals surface area (Å²) in [5, 5.41) is 3.30. The molecule has 3 N–H and O–H groups in total. The van der Waals surface area contributed by atoms with Gasteiger partial charge < -0.3 is 15.8 Å². The van der Waals surface area contributed by atoms with Crippen molar-refractivity contribution in [1.29, 1.82) is 0 Å². The molecule has 108 valence electrons. The lowest BCUT2D eigenvalue weighted by Gasteiger charge is -2.36. The minimum absolute atomic E-state index is 0.164. The van der Waals surface area contributed by atoms with E-state index in [2.05, 4.69) is 10.2 Å². The molecule has 1 amide bonds. The number of fused-ring (bicyclic) bond motifs is 1. The monoisotopic (exact) mass is 267 g/mol. The molecule has 3 saturated heterocycles. The van der Waals surface area contributed by atoms with Gasteiger partial charge in [-0.15, -0.1) is 0 Å². The molecule has 0 aliphatic carbocycles. The van der Waals surface area contributed by atoms with Crippen molar-refractivity contribution >= 4 is 5.91 Å². The van der Waals surface area contributed by atoms with Crippen molar-refractivity contribution in [2.45, 2.75) is 44.2 Å². The third kappa shape index (κ3) is 2.39. The zero-order chi connectivity index (χ0) is 13.3. The minimum Gasteiger partial charge on any atom is -0.381 e. The summed E-state index contributed by atoms with van der Waals surface area (Å²) in [7, 11) is 0. The first-order chi connectivity index (χ1) is 9.25. The van der Waals surface area contributed by atoms with Gasteiger partial charge in [-0.1, -0.05) is 0 Å². The Labute approximate surface area is 114 Å². The Morgan fingerprint density at radius 3 is 2.84 bits per heavy atom. The van der Waals surface area contributed by atoms with Crippen molar-refractivity contribution in [3.8, 4) is 0 Å². The van der Waals surface area contributed by atoms with Crippen molar-refractivity contribution in [2.75, 3.05) is 32.8 Å². The van der Waals surface area contributed by atoms with Gasteiger partial charge in [-0.3, -0.25) is 9.69 Å². The van der Waals surface area contributed by atoms with Crippen LogP contribution in [0.25, 0.3) is 0 Å². The van der Waals surface area contributed by atoms with E-state index >= 15 is 0 Å². The first-order valence-corrected chi connectivity index (χ1v) is 7.58. The summed E-state index contributed by atoms with van der Waals surface area (Å²) in [6.45, 7) is 4.08. The molecule has 0 spiro atoms. The summed E-state index contributed by atoms with van der Waals surface area (Å²) in [5.74, 6) is 0.164. The number of amides is 1. The summed E-state index contributed by atoms with van der Waals surface area (Å²) in [6.07, 6.45) is 5.11. The summed E-state index contributed by atoms with van der Waals surface area (Å²) in [6, 6.07) is 0.903. The maximum Gasteiger partial charge on any atom is 0.227 e. The fourth-order valence-electron chi connectivity index (χ4n) is 3.86. The van der Waals surface area contributed by atoms with Crippen LogP contribution in [0.5, 0.6) is 0 Å². The highest BCUT2D eigenvalue weighted by Crippen LogP contribution is 2.32. The van der Waals surface area contributed by atoms with Gasteiger partial charge in [-0.05, 0) is 38.6 Å². The standard InChI is InChI=1S/C14H25N3O2/c15-10-14(4-8-19-9-5-14)13(18)16-11-3-7-17-6-1-2-12(11)17/h11-12H,1-10,15H2,(H,16,18). The van der Waals surface area contributed by atoms with Gasteiger partial charge in [0.15, 0.2) is 0 Å². The lowest BCUT2D eigenvalue weighted by atomic mass is 9.79. The highest BCUT2D eigenvalue weighted by Gasteiger charge is 2.43. The quantitative estimate of drug-likeness (QED) is 0.761. The fraction of sp³-hybridized carbons (Fsp3) is 0.929. The molecule has 3 fully saturated rings. The molecule has 0 saturated carbocycles. The lowest BCUT2D eigenvalue weighted by molar-refractivity contribution is -0.136. The fourth-order valence-corrected chi connectivity index (χ4v) is 3.86. The zero-order valence-corrected chi connectivity index (χ0v) is 11.6. The molecular formula is C14H25N3O2. The summed E-state index contributed by atoms with van der Waals surface area (Å²) >= 11 is 0. The number of carbonyl (C=O) groups excluding carboxylic acids is 1. The third-order valence-corrected chi connectivity index (χ3v) is 5.24. The molecule has 3 rings (SSSR count). The van der Waals surface area contributed by atoms with E-state index in [0.29, 0.717) is 31.8 Å². The topological polar surface area (TPSA) is 67.6 Å². The van der Waals surface area contributed by atoms with E-state index in [9.17, 15) is 4.79 Å². The molecule has 0 aromatic rings. The molecule has 0 bridgehead atoms. The first kappa shape index (κ1) is 13.3. The van der Waals surface area contributed by atoms with Crippen LogP contribution in [-0.4, -0.2) is 55.7 Å². The van der Waals surface area contributed by atoms with Crippen LogP contribution in [0.1, 0.15) is 32.1 Å². The molecule has 0 aromatic heterocycles. The van der Waals surface area contributed by atoms with Gasteiger partial charge in [0.05, 0.1) is 5.41 Å². The Morgan fingerprint density at radius 1 is 1.32 bits per heavy atom. The van der Waals surface area contributed by atoms with E-state index in [1.807, 2.05) is 0 Å². The first-order valence-electron chi connectivity index (χ1n) is 7.58. The van der Waals surface area contributed by atoms with Crippen LogP contribution >= 0.6 is 0 Å². The van der Waals surface area contributed by atoms with Gasteiger partial charge in [-0.25, -0.2) is 0 Å². The molecule has 5 heteroatoms. The molecule has 0 radical (unpaired) electrons. The van der Waals surface area contributed by atoms with Gasteiger partial charge in [-0.2, -0.15) is 0 Å². The van der Waals surface area contributed by atoms with E-state index in [0.717, 1.165) is 25.8 Å². The Kier molecular flexibility index (Phi) is 3.78. The average molecular weight is 267 g/mol. The molecule has 5 nitrogen and oxygen atoms in total. The zero-order valence-electron chi connectivity index (χ0n) is 11.6.